The average molecular weight is 291 g/mol. The summed E-state index contributed by atoms with van der Waals surface area (Å²) in [5, 5.41) is 12.2. The quantitative estimate of drug-likeness (QED) is 0.671. The molecule has 0 saturated heterocycles. The maximum Gasteiger partial charge on any atom is 0.276 e. The van der Waals surface area contributed by atoms with Gasteiger partial charge in [-0.3, -0.25) is 0 Å². The molecular weight excluding hydrogens is 281 g/mol. The molecular formula is C12H10FN5OS. The van der Waals surface area contributed by atoms with Crippen LogP contribution in [0.25, 0.3) is 0 Å². The Morgan fingerprint density at radius 3 is 3.05 bits per heavy atom. The van der Waals surface area contributed by atoms with Crippen molar-refractivity contribution in [3.05, 3.63) is 54.2 Å². The summed E-state index contributed by atoms with van der Waals surface area (Å²) >= 11 is 1.36. The molecule has 0 N–H and O–H groups in total. The van der Waals surface area contributed by atoms with Gasteiger partial charge in [0.25, 0.3) is 5.22 Å². The van der Waals surface area contributed by atoms with E-state index in [-0.39, 0.29) is 5.82 Å². The SMILES string of the molecule is Fc1cccc(CSc2nnc(Cn3cncn3)o2)c1. The van der Waals surface area contributed by atoms with Crippen molar-refractivity contribution in [1.82, 2.24) is 25.0 Å². The third-order valence-corrected chi connectivity index (χ3v) is 3.35. The molecule has 2 aromatic heterocycles. The van der Waals surface area contributed by atoms with Crippen LogP contribution in [0.15, 0.2) is 46.6 Å². The summed E-state index contributed by atoms with van der Waals surface area (Å²) in [6, 6.07) is 6.43. The van der Waals surface area contributed by atoms with Crippen molar-refractivity contribution in [2.24, 2.45) is 0 Å². The lowest BCUT2D eigenvalue weighted by atomic mass is 10.2. The number of hydrogen-bond donors (Lipinski definition) is 0. The van der Waals surface area contributed by atoms with Gasteiger partial charge in [0.2, 0.25) is 5.89 Å². The largest absolute Gasteiger partial charge is 0.414 e. The van der Waals surface area contributed by atoms with Gasteiger partial charge < -0.3 is 4.42 Å². The first-order chi connectivity index (χ1) is 9.79. The molecule has 0 saturated carbocycles. The number of halogens is 1. The van der Waals surface area contributed by atoms with Crippen LogP contribution in [0, 0.1) is 5.82 Å². The van der Waals surface area contributed by atoms with Crippen LogP contribution in [-0.4, -0.2) is 25.0 Å². The predicted octanol–water partition coefficient (Wildman–Crippen LogP) is 2.14. The Morgan fingerprint density at radius 2 is 2.25 bits per heavy atom. The molecule has 8 heteroatoms. The highest BCUT2D eigenvalue weighted by Crippen LogP contribution is 2.21. The van der Waals surface area contributed by atoms with Gasteiger partial charge in [-0.25, -0.2) is 14.1 Å². The lowest BCUT2D eigenvalue weighted by molar-refractivity contribution is 0.397. The highest BCUT2D eigenvalue weighted by atomic mass is 32.2. The van der Waals surface area contributed by atoms with E-state index in [1.54, 1.807) is 17.1 Å². The number of thioether (sulfide) groups is 1. The molecule has 0 radical (unpaired) electrons. The highest BCUT2D eigenvalue weighted by Gasteiger charge is 2.08. The van der Waals surface area contributed by atoms with E-state index in [1.165, 1.54) is 30.2 Å². The molecule has 20 heavy (non-hydrogen) atoms. The van der Waals surface area contributed by atoms with Gasteiger partial charge in [-0.15, -0.1) is 10.2 Å². The fourth-order valence-electron chi connectivity index (χ4n) is 1.59. The van der Waals surface area contributed by atoms with Gasteiger partial charge in [0.1, 0.15) is 25.0 Å². The summed E-state index contributed by atoms with van der Waals surface area (Å²) in [7, 11) is 0. The topological polar surface area (TPSA) is 69.6 Å². The maximum absolute atomic E-state index is 13.0. The monoisotopic (exact) mass is 291 g/mol. The number of aromatic nitrogens is 5. The number of nitrogens with zero attached hydrogens (tertiary/aromatic N) is 5. The molecule has 0 unspecified atom stereocenters. The summed E-state index contributed by atoms with van der Waals surface area (Å²) in [6.45, 7) is 0.382. The summed E-state index contributed by atoms with van der Waals surface area (Å²) < 4.78 is 20.1. The Hall–Kier alpha value is -2.22. The van der Waals surface area contributed by atoms with Crippen molar-refractivity contribution in [2.45, 2.75) is 17.5 Å². The van der Waals surface area contributed by atoms with E-state index in [1.807, 2.05) is 6.07 Å². The molecule has 3 rings (SSSR count). The molecule has 0 aliphatic carbocycles. The summed E-state index contributed by atoms with van der Waals surface area (Å²) in [6.07, 6.45) is 3.01. The van der Waals surface area contributed by atoms with E-state index in [0.717, 1.165) is 5.56 Å². The van der Waals surface area contributed by atoms with Crippen molar-refractivity contribution in [2.75, 3.05) is 0 Å². The van der Waals surface area contributed by atoms with Crippen LogP contribution in [0.5, 0.6) is 0 Å². The zero-order valence-electron chi connectivity index (χ0n) is 10.3. The third kappa shape index (κ3) is 3.21. The predicted molar refractivity (Wildman–Crippen MR) is 69.4 cm³/mol. The van der Waals surface area contributed by atoms with Gasteiger partial charge in [0, 0.05) is 5.75 Å². The molecule has 0 atom stereocenters. The van der Waals surface area contributed by atoms with Gasteiger partial charge >= 0.3 is 0 Å². The van der Waals surface area contributed by atoms with E-state index < -0.39 is 0 Å². The minimum atomic E-state index is -0.250. The fraction of sp³-hybridized carbons (Fsp3) is 0.167. The normalized spacial score (nSPS) is 10.8. The van der Waals surface area contributed by atoms with Gasteiger partial charge in [-0.05, 0) is 17.7 Å². The first-order valence-electron chi connectivity index (χ1n) is 5.81. The minimum Gasteiger partial charge on any atom is -0.414 e. The Balaban J connectivity index is 1.60. The molecule has 2 heterocycles. The smallest absolute Gasteiger partial charge is 0.276 e. The highest BCUT2D eigenvalue weighted by molar-refractivity contribution is 7.98. The van der Waals surface area contributed by atoms with Crippen molar-refractivity contribution < 1.29 is 8.81 Å². The van der Waals surface area contributed by atoms with Gasteiger partial charge in [-0.2, -0.15) is 5.10 Å². The Morgan fingerprint density at radius 1 is 1.30 bits per heavy atom. The van der Waals surface area contributed by atoms with Crippen LogP contribution in [0.1, 0.15) is 11.5 Å². The average Bonchev–Trinajstić information content (AvgIpc) is 3.09. The molecule has 6 nitrogen and oxygen atoms in total. The van der Waals surface area contributed by atoms with E-state index >= 15 is 0 Å². The van der Waals surface area contributed by atoms with Gasteiger partial charge in [0.05, 0.1) is 0 Å². The van der Waals surface area contributed by atoms with Crippen molar-refractivity contribution >= 4 is 11.8 Å². The fourth-order valence-corrected chi connectivity index (χ4v) is 2.31. The van der Waals surface area contributed by atoms with Crippen LogP contribution in [0.3, 0.4) is 0 Å². The minimum absolute atomic E-state index is 0.250. The maximum atomic E-state index is 13.0. The second-order valence-electron chi connectivity index (χ2n) is 3.97. The first-order valence-corrected chi connectivity index (χ1v) is 6.80. The molecule has 0 spiro atoms. The number of rotatable bonds is 5. The molecule has 3 aromatic rings. The second kappa shape index (κ2) is 5.83. The molecule has 0 aliphatic heterocycles. The Labute approximate surface area is 118 Å². The molecule has 0 aliphatic rings. The van der Waals surface area contributed by atoms with Crippen LogP contribution >= 0.6 is 11.8 Å². The Kier molecular flexibility index (Phi) is 3.73. The standard InChI is InChI=1S/C12H10FN5OS/c13-10-3-1-2-9(4-10)6-20-12-17-16-11(19-12)5-18-8-14-7-15-18/h1-4,7-8H,5-6H2. The zero-order chi connectivity index (χ0) is 13.8. The van der Waals surface area contributed by atoms with Gasteiger partial charge in [0.15, 0.2) is 0 Å². The van der Waals surface area contributed by atoms with Crippen LogP contribution in [0.2, 0.25) is 0 Å². The van der Waals surface area contributed by atoms with Gasteiger partial charge in [-0.1, -0.05) is 23.9 Å². The third-order valence-electron chi connectivity index (χ3n) is 2.46. The van der Waals surface area contributed by atoms with Crippen LogP contribution in [0.4, 0.5) is 4.39 Å². The Bertz CT molecular complexity index is 685. The summed E-state index contributed by atoms with van der Waals surface area (Å²) in [5.41, 5.74) is 0.867. The summed E-state index contributed by atoms with van der Waals surface area (Å²) in [5.74, 6) is 0.778. The van der Waals surface area contributed by atoms with Crippen LogP contribution in [-0.2, 0) is 12.3 Å². The lowest BCUT2D eigenvalue weighted by Crippen LogP contribution is -1.99. The summed E-state index contributed by atoms with van der Waals surface area (Å²) in [4.78, 5) is 3.83. The molecule has 0 bridgehead atoms. The number of hydrogen-bond acceptors (Lipinski definition) is 6. The molecule has 1 aromatic carbocycles. The van der Waals surface area contributed by atoms with Crippen molar-refractivity contribution in [1.29, 1.82) is 0 Å². The zero-order valence-corrected chi connectivity index (χ0v) is 11.1. The van der Waals surface area contributed by atoms with Crippen molar-refractivity contribution in [3.63, 3.8) is 0 Å². The molecule has 0 fully saturated rings. The number of benzene rings is 1. The lowest BCUT2D eigenvalue weighted by Gasteiger charge is -1.98. The van der Waals surface area contributed by atoms with E-state index in [2.05, 4.69) is 20.3 Å². The second-order valence-corrected chi connectivity index (χ2v) is 4.90. The van der Waals surface area contributed by atoms with E-state index in [0.29, 0.717) is 23.4 Å². The van der Waals surface area contributed by atoms with E-state index in [9.17, 15) is 4.39 Å². The molecule has 0 amide bonds. The van der Waals surface area contributed by atoms with E-state index in [4.69, 9.17) is 4.42 Å². The molecule has 102 valence electrons. The first kappa shape index (κ1) is 12.8. The van der Waals surface area contributed by atoms with Crippen molar-refractivity contribution in [3.8, 4) is 0 Å². The van der Waals surface area contributed by atoms with Crippen LogP contribution < -0.4 is 0 Å².